The lowest BCUT2D eigenvalue weighted by Gasteiger charge is -2.66. The van der Waals surface area contributed by atoms with Crippen LogP contribution in [0.25, 0.3) is 0 Å². The second kappa shape index (κ2) is 5.76. The highest BCUT2D eigenvalue weighted by Gasteiger charge is 2.63. The van der Waals surface area contributed by atoms with Crippen LogP contribution in [0, 0.1) is 11.3 Å². The maximum Gasteiger partial charge on any atom is 0.405 e. The molecule has 3 fully saturated rings. The zero-order valence-corrected chi connectivity index (χ0v) is 15.3. The van der Waals surface area contributed by atoms with E-state index in [9.17, 15) is 9.90 Å². The predicted octanol–water partition coefficient (Wildman–Crippen LogP) is 4.07. The van der Waals surface area contributed by atoms with Gasteiger partial charge in [-0.1, -0.05) is 51.1 Å². The molecule has 4 nitrogen and oxygen atoms in total. The number of carboxylic acid groups (broad SMARTS) is 1. The highest BCUT2D eigenvalue weighted by atomic mass is 16.4. The van der Waals surface area contributed by atoms with Crippen molar-refractivity contribution < 1.29 is 9.90 Å². The molecular weight excluding hydrogens is 300 g/mol. The molecule has 0 radical (unpaired) electrons. The third kappa shape index (κ3) is 2.34. The Morgan fingerprint density at radius 3 is 2.25 bits per heavy atom. The normalized spacial score (nSPS) is 29.9. The Hall–Kier alpha value is -1.55. The lowest BCUT2D eigenvalue weighted by molar-refractivity contribution is -0.119. The summed E-state index contributed by atoms with van der Waals surface area (Å²) in [6.07, 6.45) is 3.53. The highest BCUT2D eigenvalue weighted by molar-refractivity contribution is 5.67. The number of likely N-dealkylation sites (N-methyl/N-ethyl adjacent to an activating group) is 1. The lowest BCUT2D eigenvalue weighted by atomic mass is 9.51. The molecule has 1 amide bonds. The van der Waals surface area contributed by atoms with Crippen molar-refractivity contribution in [2.24, 2.45) is 11.3 Å². The summed E-state index contributed by atoms with van der Waals surface area (Å²) in [4.78, 5) is 14.4. The molecule has 1 aromatic rings. The smallest absolute Gasteiger partial charge is 0.405 e. The molecule has 2 heterocycles. The Balaban J connectivity index is 2.26. The zero-order chi connectivity index (χ0) is 17.6. The van der Waals surface area contributed by atoms with E-state index in [4.69, 9.17) is 0 Å². The molecule has 0 unspecified atom stereocenters. The molecule has 24 heavy (non-hydrogen) atoms. The van der Waals surface area contributed by atoms with Gasteiger partial charge < -0.3 is 10.4 Å². The van der Waals surface area contributed by atoms with E-state index in [0.717, 1.165) is 30.9 Å². The second-order valence-corrected chi connectivity index (χ2v) is 8.65. The van der Waals surface area contributed by atoms with E-state index in [1.54, 1.807) is 0 Å². The van der Waals surface area contributed by atoms with Crippen molar-refractivity contribution in [2.45, 2.75) is 57.5 Å². The van der Waals surface area contributed by atoms with Crippen LogP contribution in [-0.4, -0.2) is 35.2 Å². The first-order chi connectivity index (χ1) is 11.2. The molecule has 132 valence electrons. The Bertz CT molecular complexity index is 600. The van der Waals surface area contributed by atoms with Gasteiger partial charge in [0.15, 0.2) is 0 Å². The summed E-state index contributed by atoms with van der Waals surface area (Å²) in [6.45, 7) is 7.56. The van der Waals surface area contributed by atoms with E-state index in [1.165, 1.54) is 12.8 Å². The first-order valence-electron chi connectivity index (χ1n) is 9.01. The van der Waals surface area contributed by atoms with E-state index >= 15 is 0 Å². The number of fused-ring (bicyclic) bond motifs is 3. The monoisotopic (exact) mass is 330 g/mol. The van der Waals surface area contributed by atoms with Gasteiger partial charge in [-0.2, -0.15) is 0 Å². The minimum atomic E-state index is -0.941. The number of nitrogens with zero attached hydrogens (tertiary/aromatic N) is 1. The molecular formula is C20H30N2O2. The third-order valence-corrected chi connectivity index (χ3v) is 6.52. The van der Waals surface area contributed by atoms with Gasteiger partial charge in [-0.25, -0.2) is 4.79 Å². The van der Waals surface area contributed by atoms with Gasteiger partial charge in [0.05, 0.1) is 5.54 Å². The number of rotatable bonds is 3. The first kappa shape index (κ1) is 17.3. The van der Waals surface area contributed by atoms with Crippen molar-refractivity contribution in [3.05, 3.63) is 35.9 Å². The average Bonchev–Trinajstić information content (AvgIpc) is 2.53. The number of benzene rings is 1. The molecule has 4 heteroatoms. The van der Waals surface area contributed by atoms with Crippen LogP contribution >= 0.6 is 0 Å². The summed E-state index contributed by atoms with van der Waals surface area (Å²) >= 11 is 0. The fourth-order valence-electron chi connectivity index (χ4n) is 5.57. The number of nitrogens with one attached hydrogen (secondary N) is 1. The summed E-state index contributed by atoms with van der Waals surface area (Å²) in [5, 5.41) is 12.8. The third-order valence-electron chi connectivity index (χ3n) is 6.52. The fraction of sp³-hybridized carbons (Fsp3) is 0.650. The number of carbonyl (C=O) groups is 1. The van der Waals surface area contributed by atoms with Crippen LogP contribution < -0.4 is 5.32 Å². The van der Waals surface area contributed by atoms with Gasteiger partial charge in [-0.05, 0) is 49.6 Å². The molecule has 0 spiro atoms. The SMILES string of the molecule is CN1CC2CCC1([C@](NC(=O)O)(c1ccccc1)C(C)(C)C)CC2. The standard InChI is InChI=1S/C20H30N2O2/c1-18(2,3)20(21-17(23)24,16-8-6-5-7-9-16)19-12-10-15(11-13-19)14-22(19)4/h5-9,15,21H,10-14H2,1-4H3,(H,23,24)/t15?,19?,20-/m0/s1. The van der Waals surface area contributed by atoms with Crippen LogP contribution in [0.15, 0.2) is 30.3 Å². The van der Waals surface area contributed by atoms with Crippen molar-refractivity contribution in [3.8, 4) is 0 Å². The van der Waals surface area contributed by atoms with Crippen LogP contribution in [0.5, 0.6) is 0 Å². The minimum Gasteiger partial charge on any atom is -0.465 e. The second-order valence-electron chi connectivity index (χ2n) is 8.65. The number of hydrogen-bond donors (Lipinski definition) is 2. The van der Waals surface area contributed by atoms with Crippen molar-refractivity contribution in [2.75, 3.05) is 13.6 Å². The van der Waals surface area contributed by atoms with Gasteiger partial charge >= 0.3 is 6.09 Å². The Kier molecular flexibility index (Phi) is 4.15. The molecule has 2 N–H and O–H groups in total. The topological polar surface area (TPSA) is 52.6 Å². The van der Waals surface area contributed by atoms with Gasteiger partial charge in [0.2, 0.25) is 0 Å². The first-order valence-corrected chi connectivity index (χ1v) is 9.01. The molecule has 2 aliphatic heterocycles. The maximum absolute atomic E-state index is 11.9. The van der Waals surface area contributed by atoms with Crippen molar-refractivity contribution >= 4 is 6.09 Å². The number of amides is 1. The molecule has 1 aromatic carbocycles. The molecule has 1 atom stereocenters. The number of hydrogen-bond acceptors (Lipinski definition) is 2. The molecule has 1 aliphatic carbocycles. The Labute approximate surface area is 145 Å². The summed E-state index contributed by atoms with van der Waals surface area (Å²) < 4.78 is 0. The highest BCUT2D eigenvalue weighted by Crippen LogP contribution is 2.58. The van der Waals surface area contributed by atoms with Crippen molar-refractivity contribution in [1.29, 1.82) is 0 Å². The van der Waals surface area contributed by atoms with Crippen molar-refractivity contribution in [3.63, 3.8) is 0 Å². The van der Waals surface area contributed by atoms with E-state index in [0.29, 0.717) is 0 Å². The largest absolute Gasteiger partial charge is 0.465 e. The fourth-order valence-corrected chi connectivity index (χ4v) is 5.57. The summed E-state index contributed by atoms with van der Waals surface area (Å²) in [6, 6.07) is 10.2. The van der Waals surface area contributed by atoms with Gasteiger partial charge in [-0.3, -0.25) is 4.90 Å². The predicted molar refractivity (Wildman–Crippen MR) is 96.1 cm³/mol. The van der Waals surface area contributed by atoms with E-state index in [2.05, 4.69) is 50.2 Å². The Morgan fingerprint density at radius 2 is 1.79 bits per heavy atom. The average molecular weight is 330 g/mol. The van der Waals surface area contributed by atoms with Gasteiger partial charge in [-0.15, -0.1) is 0 Å². The zero-order valence-electron chi connectivity index (χ0n) is 15.3. The van der Waals surface area contributed by atoms with Crippen LogP contribution in [0.4, 0.5) is 4.79 Å². The lowest BCUT2D eigenvalue weighted by Crippen LogP contribution is -2.76. The molecule has 0 aromatic heterocycles. The van der Waals surface area contributed by atoms with Gasteiger partial charge in [0.25, 0.3) is 0 Å². The quantitative estimate of drug-likeness (QED) is 0.878. The minimum absolute atomic E-state index is 0.181. The van der Waals surface area contributed by atoms with Gasteiger partial charge in [0.1, 0.15) is 0 Å². The van der Waals surface area contributed by atoms with E-state index < -0.39 is 11.6 Å². The number of piperidine rings is 2. The molecule has 4 rings (SSSR count). The van der Waals surface area contributed by atoms with Crippen LogP contribution in [0.2, 0.25) is 0 Å². The van der Waals surface area contributed by atoms with E-state index in [-0.39, 0.29) is 11.0 Å². The van der Waals surface area contributed by atoms with Gasteiger partial charge in [0, 0.05) is 12.1 Å². The molecule has 2 bridgehead atoms. The van der Waals surface area contributed by atoms with E-state index in [1.807, 2.05) is 18.2 Å². The van der Waals surface area contributed by atoms with Crippen LogP contribution in [-0.2, 0) is 5.54 Å². The summed E-state index contributed by atoms with van der Waals surface area (Å²) in [7, 11) is 2.18. The summed E-state index contributed by atoms with van der Waals surface area (Å²) in [5.74, 6) is 0.759. The molecule has 3 aliphatic rings. The maximum atomic E-state index is 11.9. The van der Waals surface area contributed by atoms with Crippen LogP contribution in [0.1, 0.15) is 52.0 Å². The summed E-state index contributed by atoms with van der Waals surface area (Å²) in [5.41, 5.74) is -0.00914. The van der Waals surface area contributed by atoms with Crippen LogP contribution in [0.3, 0.4) is 0 Å². The molecule has 2 saturated heterocycles. The Morgan fingerprint density at radius 1 is 1.21 bits per heavy atom. The van der Waals surface area contributed by atoms with Crippen molar-refractivity contribution in [1.82, 2.24) is 10.2 Å². The molecule has 1 saturated carbocycles.